The van der Waals surface area contributed by atoms with E-state index in [1.807, 2.05) is 5.38 Å². The molecule has 0 bridgehead atoms. The van der Waals surface area contributed by atoms with Gasteiger partial charge < -0.3 is 15.0 Å². The van der Waals surface area contributed by atoms with Gasteiger partial charge in [-0.2, -0.15) is 13.2 Å². The molecular formula is C20H21F3N2O3S. The highest BCUT2D eigenvalue weighted by molar-refractivity contribution is 7.12. The highest BCUT2D eigenvalue weighted by Gasteiger charge is 2.33. The van der Waals surface area contributed by atoms with Gasteiger partial charge in [-0.15, -0.1) is 11.3 Å². The fraction of sp³-hybridized carbons (Fsp3) is 0.400. The van der Waals surface area contributed by atoms with Crippen LogP contribution >= 0.6 is 11.3 Å². The van der Waals surface area contributed by atoms with Crippen LogP contribution in [-0.4, -0.2) is 42.5 Å². The highest BCUT2D eigenvalue weighted by Crippen LogP contribution is 2.31. The predicted molar refractivity (Wildman–Crippen MR) is 103 cm³/mol. The topological polar surface area (TPSA) is 58.6 Å². The molecule has 1 atom stereocenters. The minimum atomic E-state index is -4.44. The van der Waals surface area contributed by atoms with E-state index in [2.05, 4.69) is 5.32 Å². The number of benzene rings is 1. The van der Waals surface area contributed by atoms with Crippen LogP contribution in [-0.2, 0) is 11.0 Å². The van der Waals surface area contributed by atoms with Gasteiger partial charge in [0, 0.05) is 6.54 Å². The van der Waals surface area contributed by atoms with Gasteiger partial charge in [0.2, 0.25) is 5.91 Å². The lowest BCUT2D eigenvalue weighted by Gasteiger charge is -2.34. The summed E-state index contributed by atoms with van der Waals surface area (Å²) in [5, 5.41) is 4.54. The van der Waals surface area contributed by atoms with Crippen molar-refractivity contribution in [2.75, 3.05) is 19.7 Å². The van der Waals surface area contributed by atoms with Crippen molar-refractivity contribution in [1.82, 2.24) is 10.2 Å². The number of nitrogens with zero attached hydrogens (tertiary/aromatic N) is 1. The van der Waals surface area contributed by atoms with Crippen molar-refractivity contribution in [3.8, 4) is 5.75 Å². The molecule has 1 fully saturated rings. The van der Waals surface area contributed by atoms with Crippen LogP contribution in [0.4, 0.5) is 13.2 Å². The van der Waals surface area contributed by atoms with Gasteiger partial charge in [0.15, 0.2) is 0 Å². The summed E-state index contributed by atoms with van der Waals surface area (Å²) in [4.78, 5) is 27.4. The van der Waals surface area contributed by atoms with Gasteiger partial charge in [-0.05, 0) is 48.9 Å². The first-order valence-electron chi connectivity index (χ1n) is 9.28. The number of hydrogen-bond donors (Lipinski definition) is 1. The molecule has 2 amide bonds. The lowest BCUT2D eigenvalue weighted by atomic mass is 10.0. The Balaban J connectivity index is 1.51. The molecule has 1 aromatic carbocycles. The van der Waals surface area contributed by atoms with Crippen LogP contribution in [0.25, 0.3) is 0 Å². The molecule has 1 saturated heterocycles. The number of rotatable bonds is 6. The molecule has 2 heterocycles. The molecule has 1 aromatic heterocycles. The fourth-order valence-electron chi connectivity index (χ4n) is 3.21. The molecule has 0 aliphatic carbocycles. The molecule has 156 valence electrons. The number of halogens is 3. The van der Waals surface area contributed by atoms with E-state index in [1.165, 1.54) is 23.5 Å². The first-order valence-corrected chi connectivity index (χ1v) is 10.2. The molecule has 9 heteroatoms. The van der Waals surface area contributed by atoms with E-state index >= 15 is 0 Å². The molecular weight excluding hydrogens is 405 g/mol. The summed E-state index contributed by atoms with van der Waals surface area (Å²) in [6, 6.07) is 7.57. The Morgan fingerprint density at radius 1 is 1.21 bits per heavy atom. The average molecular weight is 426 g/mol. The van der Waals surface area contributed by atoms with Gasteiger partial charge in [-0.3, -0.25) is 9.59 Å². The normalized spacial score (nSPS) is 17.1. The minimum Gasteiger partial charge on any atom is -0.492 e. The quantitative estimate of drug-likeness (QED) is 0.712. The number of thiophene rings is 1. The molecule has 29 heavy (non-hydrogen) atoms. The number of alkyl halides is 3. The monoisotopic (exact) mass is 426 g/mol. The Labute approximate surface area is 170 Å². The summed E-state index contributed by atoms with van der Waals surface area (Å²) in [5.74, 6) is -0.344. The first-order chi connectivity index (χ1) is 13.9. The average Bonchev–Trinajstić information content (AvgIpc) is 3.25. The smallest absolute Gasteiger partial charge is 0.416 e. The summed E-state index contributed by atoms with van der Waals surface area (Å²) in [6.07, 6.45) is -2.16. The summed E-state index contributed by atoms with van der Waals surface area (Å²) in [6.45, 7) is 0.681. The van der Waals surface area contributed by atoms with Crippen LogP contribution in [0.15, 0.2) is 41.8 Å². The third-order valence-corrected chi connectivity index (χ3v) is 5.49. The SMILES string of the molecule is O=C(NCCOc1cccc(C(F)(F)F)c1)C1CCCCN1C(=O)c1cccs1. The van der Waals surface area contributed by atoms with Crippen molar-refractivity contribution in [2.45, 2.75) is 31.5 Å². The van der Waals surface area contributed by atoms with Crippen LogP contribution < -0.4 is 10.1 Å². The molecule has 1 aliphatic rings. The van der Waals surface area contributed by atoms with E-state index in [-0.39, 0.29) is 30.7 Å². The van der Waals surface area contributed by atoms with Gasteiger partial charge in [-0.25, -0.2) is 0 Å². The lowest BCUT2D eigenvalue weighted by Crippen LogP contribution is -2.52. The van der Waals surface area contributed by atoms with Crippen molar-refractivity contribution in [1.29, 1.82) is 0 Å². The van der Waals surface area contributed by atoms with Crippen molar-refractivity contribution in [2.24, 2.45) is 0 Å². The van der Waals surface area contributed by atoms with E-state index in [9.17, 15) is 22.8 Å². The van der Waals surface area contributed by atoms with E-state index in [0.717, 1.165) is 25.0 Å². The molecule has 0 saturated carbocycles. The predicted octanol–water partition coefficient (Wildman–Crippen LogP) is 3.96. The number of hydrogen-bond acceptors (Lipinski definition) is 4. The molecule has 0 spiro atoms. The molecule has 0 radical (unpaired) electrons. The first kappa shape index (κ1) is 21.2. The Morgan fingerprint density at radius 2 is 2.03 bits per heavy atom. The third-order valence-electron chi connectivity index (χ3n) is 4.63. The van der Waals surface area contributed by atoms with Crippen LogP contribution in [0.1, 0.15) is 34.5 Å². The second kappa shape index (κ2) is 9.30. The Hall–Kier alpha value is -2.55. The number of likely N-dealkylation sites (tertiary alicyclic amines) is 1. The minimum absolute atomic E-state index is 0.0264. The molecule has 1 N–H and O–H groups in total. The molecule has 2 aromatic rings. The van der Waals surface area contributed by atoms with Crippen LogP contribution in [0.3, 0.4) is 0 Å². The molecule has 1 aliphatic heterocycles. The summed E-state index contributed by atoms with van der Waals surface area (Å²) >= 11 is 1.34. The zero-order chi connectivity index (χ0) is 20.9. The Kier molecular flexibility index (Phi) is 6.79. The Morgan fingerprint density at radius 3 is 2.76 bits per heavy atom. The van der Waals surface area contributed by atoms with Gasteiger partial charge in [-0.1, -0.05) is 12.1 Å². The van der Waals surface area contributed by atoms with Gasteiger partial charge >= 0.3 is 6.18 Å². The highest BCUT2D eigenvalue weighted by atomic mass is 32.1. The largest absolute Gasteiger partial charge is 0.492 e. The molecule has 1 unspecified atom stereocenters. The number of nitrogens with one attached hydrogen (secondary N) is 1. The van der Waals surface area contributed by atoms with Crippen molar-refractivity contribution >= 4 is 23.2 Å². The van der Waals surface area contributed by atoms with Crippen LogP contribution in [0.5, 0.6) is 5.75 Å². The maximum atomic E-state index is 12.7. The van der Waals surface area contributed by atoms with Gasteiger partial charge in [0.25, 0.3) is 5.91 Å². The third kappa shape index (κ3) is 5.50. The summed E-state index contributed by atoms with van der Waals surface area (Å²) in [7, 11) is 0. The Bertz CT molecular complexity index is 840. The van der Waals surface area contributed by atoms with Crippen LogP contribution in [0.2, 0.25) is 0 Å². The van der Waals surface area contributed by atoms with Gasteiger partial charge in [0.05, 0.1) is 17.0 Å². The number of carbonyl (C=O) groups excluding carboxylic acids is 2. The number of piperidine rings is 1. The van der Waals surface area contributed by atoms with E-state index in [0.29, 0.717) is 17.8 Å². The number of carbonyl (C=O) groups is 2. The summed E-state index contributed by atoms with van der Waals surface area (Å²) < 4.78 is 43.5. The van der Waals surface area contributed by atoms with E-state index < -0.39 is 17.8 Å². The van der Waals surface area contributed by atoms with E-state index in [1.54, 1.807) is 17.0 Å². The lowest BCUT2D eigenvalue weighted by molar-refractivity contribution is -0.137. The number of amides is 2. The standard InChI is InChI=1S/C20H21F3N2O3S/c21-20(22,23)14-5-3-6-15(13-14)28-11-9-24-18(26)16-7-1-2-10-25(16)19(27)17-8-4-12-29-17/h3-6,8,12-13,16H,1-2,7,9-11H2,(H,24,26). The maximum Gasteiger partial charge on any atom is 0.416 e. The second-order valence-electron chi connectivity index (χ2n) is 6.65. The molecule has 5 nitrogen and oxygen atoms in total. The van der Waals surface area contributed by atoms with Crippen LogP contribution in [0, 0.1) is 0 Å². The second-order valence-corrected chi connectivity index (χ2v) is 7.60. The zero-order valence-electron chi connectivity index (χ0n) is 15.6. The number of ether oxygens (including phenoxy) is 1. The molecule has 3 rings (SSSR count). The van der Waals surface area contributed by atoms with Crippen molar-refractivity contribution < 1.29 is 27.5 Å². The van der Waals surface area contributed by atoms with Crippen molar-refractivity contribution in [3.63, 3.8) is 0 Å². The maximum absolute atomic E-state index is 12.7. The zero-order valence-corrected chi connectivity index (χ0v) is 16.4. The van der Waals surface area contributed by atoms with E-state index in [4.69, 9.17) is 4.74 Å². The fourth-order valence-corrected chi connectivity index (χ4v) is 3.89. The summed E-state index contributed by atoms with van der Waals surface area (Å²) in [5.41, 5.74) is -0.788. The van der Waals surface area contributed by atoms with Crippen molar-refractivity contribution in [3.05, 3.63) is 52.2 Å². The van der Waals surface area contributed by atoms with Gasteiger partial charge in [0.1, 0.15) is 18.4 Å².